The van der Waals surface area contributed by atoms with E-state index in [4.69, 9.17) is 11.6 Å². The minimum absolute atomic E-state index is 0.198. The van der Waals surface area contributed by atoms with Gasteiger partial charge in [-0.25, -0.2) is 9.67 Å². The van der Waals surface area contributed by atoms with E-state index >= 15 is 0 Å². The molecule has 2 aromatic carbocycles. The van der Waals surface area contributed by atoms with Crippen LogP contribution >= 0.6 is 11.6 Å². The molecule has 0 aliphatic heterocycles. The third-order valence-electron chi connectivity index (χ3n) is 4.16. The third-order valence-corrected chi connectivity index (χ3v) is 4.40. The van der Waals surface area contributed by atoms with Crippen LogP contribution in [0, 0.1) is 6.92 Å². The number of amides is 1. The molecule has 130 valence electrons. The Labute approximate surface area is 154 Å². The number of fused-ring (bicyclic) bond motifs is 1. The molecule has 0 aliphatic rings. The average molecular weight is 366 g/mol. The highest BCUT2D eigenvalue weighted by Crippen LogP contribution is 2.18. The highest BCUT2D eigenvalue weighted by atomic mass is 35.5. The number of imidazole rings is 1. The SMILES string of the molecule is Cc1c(C(=O)NCc2nc3ccccc3[nH]2)cnn1-c1cccc(Cl)c1. The maximum Gasteiger partial charge on any atom is 0.255 e. The number of hydrogen-bond acceptors (Lipinski definition) is 3. The lowest BCUT2D eigenvalue weighted by Gasteiger charge is -2.06. The minimum Gasteiger partial charge on any atom is -0.345 e. The molecule has 4 rings (SSSR count). The molecule has 0 aliphatic carbocycles. The number of halogens is 1. The largest absolute Gasteiger partial charge is 0.345 e. The van der Waals surface area contributed by atoms with Crippen molar-refractivity contribution in [3.8, 4) is 5.69 Å². The van der Waals surface area contributed by atoms with Gasteiger partial charge in [0.25, 0.3) is 5.91 Å². The summed E-state index contributed by atoms with van der Waals surface area (Å²) in [4.78, 5) is 20.2. The zero-order valence-electron chi connectivity index (χ0n) is 14.0. The fourth-order valence-corrected chi connectivity index (χ4v) is 3.03. The average Bonchev–Trinajstić information content (AvgIpc) is 3.22. The van der Waals surface area contributed by atoms with Gasteiger partial charge < -0.3 is 10.3 Å². The van der Waals surface area contributed by atoms with Crippen molar-refractivity contribution in [3.05, 3.63) is 76.8 Å². The first-order valence-corrected chi connectivity index (χ1v) is 8.52. The molecule has 0 bridgehead atoms. The molecule has 0 fully saturated rings. The predicted octanol–water partition coefficient (Wildman–Crippen LogP) is 3.64. The van der Waals surface area contributed by atoms with Crippen LogP contribution in [0.25, 0.3) is 16.7 Å². The number of rotatable bonds is 4. The van der Waals surface area contributed by atoms with E-state index in [1.165, 1.54) is 0 Å². The summed E-state index contributed by atoms with van der Waals surface area (Å²) in [5.74, 6) is 0.510. The Hall–Kier alpha value is -3.12. The van der Waals surface area contributed by atoms with Gasteiger partial charge in [-0.2, -0.15) is 5.10 Å². The zero-order chi connectivity index (χ0) is 18.1. The molecule has 7 heteroatoms. The first-order valence-electron chi connectivity index (χ1n) is 8.14. The molecule has 4 aromatic rings. The van der Waals surface area contributed by atoms with E-state index in [-0.39, 0.29) is 5.91 Å². The summed E-state index contributed by atoms with van der Waals surface area (Å²) < 4.78 is 1.70. The molecule has 6 nitrogen and oxygen atoms in total. The van der Waals surface area contributed by atoms with Gasteiger partial charge in [-0.3, -0.25) is 4.79 Å². The van der Waals surface area contributed by atoms with Crippen LogP contribution in [0.4, 0.5) is 0 Å². The quantitative estimate of drug-likeness (QED) is 0.579. The van der Waals surface area contributed by atoms with Crippen LogP contribution < -0.4 is 5.32 Å². The molecule has 0 unspecified atom stereocenters. The number of hydrogen-bond donors (Lipinski definition) is 2. The second-order valence-corrected chi connectivity index (χ2v) is 6.36. The van der Waals surface area contributed by atoms with Gasteiger partial charge in [-0.05, 0) is 37.3 Å². The standard InChI is InChI=1S/C19H16ClN5O/c1-12-15(10-22-25(12)14-6-4-5-13(20)9-14)19(26)21-11-18-23-16-7-2-3-8-17(16)24-18/h2-10H,11H2,1H3,(H,21,26)(H,23,24). The highest BCUT2D eigenvalue weighted by molar-refractivity contribution is 6.30. The van der Waals surface area contributed by atoms with Crippen LogP contribution in [0.15, 0.2) is 54.7 Å². The van der Waals surface area contributed by atoms with Gasteiger partial charge in [0, 0.05) is 5.02 Å². The lowest BCUT2D eigenvalue weighted by atomic mass is 10.2. The van der Waals surface area contributed by atoms with Crippen LogP contribution in [0.1, 0.15) is 21.9 Å². The zero-order valence-corrected chi connectivity index (χ0v) is 14.8. The summed E-state index contributed by atoms with van der Waals surface area (Å²) in [5.41, 5.74) is 3.89. The van der Waals surface area contributed by atoms with E-state index in [1.807, 2.05) is 43.3 Å². The summed E-state index contributed by atoms with van der Waals surface area (Å²) in [6, 6.07) is 15.1. The van der Waals surface area contributed by atoms with Crippen molar-refractivity contribution >= 4 is 28.5 Å². The number of H-pyrrole nitrogens is 1. The van der Waals surface area contributed by atoms with Crippen LogP contribution in [0.2, 0.25) is 5.02 Å². The fourth-order valence-electron chi connectivity index (χ4n) is 2.85. The Morgan fingerprint density at radius 2 is 2.08 bits per heavy atom. The van der Waals surface area contributed by atoms with Crippen molar-refractivity contribution < 1.29 is 4.79 Å². The van der Waals surface area contributed by atoms with Gasteiger partial charge >= 0.3 is 0 Å². The van der Waals surface area contributed by atoms with Crippen molar-refractivity contribution in [2.75, 3.05) is 0 Å². The Morgan fingerprint density at radius 1 is 1.23 bits per heavy atom. The smallest absolute Gasteiger partial charge is 0.255 e. The molecule has 0 spiro atoms. The summed E-state index contributed by atoms with van der Waals surface area (Å²) in [5, 5.41) is 7.81. The van der Waals surface area contributed by atoms with Crippen molar-refractivity contribution in [1.29, 1.82) is 0 Å². The van der Waals surface area contributed by atoms with E-state index in [9.17, 15) is 4.79 Å². The number of nitrogens with one attached hydrogen (secondary N) is 2. The number of carbonyl (C=O) groups is 1. The maximum absolute atomic E-state index is 12.5. The Bertz CT molecular complexity index is 1070. The Balaban J connectivity index is 1.51. The highest BCUT2D eigenvalue weighted by Gasteiger charge is 2.15. The molecule has 0 saturated carbocycles. The summed E-state index contributed by atoms with van der Waals surface area (Å²) in [7, 11) is 0. The summed E-state index contributed by atoms with van der Waals surface area (Å²) in [6.45, 7) is 2.17. The van der Waals surface area contributed by atoms with Gasteiger partial charge in [-0.15, -0.1) is 0 Å². The van der Waals surface area contributed by atoms with Crippen molar-refractivity contribution in [2.45, 2.75) is 13.5 Å². The van der Waals surface area contributed by atoms with Crippen LogP contribution in [0.5, 0.6) is 0 Å². The monoisotopic (exact) mass is 365 g/mol. The second-order valence-electron chi connectivity index (χ2n) is 5.92. The molecule has 2 N–H and O–H groups in total. The van der Waals surface area contributed by atoms with E-state index < -0.39 is 0 Å². The molecule has 2 aromatic heterocycles. The summed E-state index contributed by atoms with van der Waals surface area (Å²) in [6.07, 6.45) is 1.56. The van der Waals surface area contributed by atoms with Gasteiger partial charge in [0.2, 0.25) is 0 Å². The first-order chi connectivity index (χ1) is 12.6. The molecule has 1 amide bonds. The normalized spacial score (nSPS) is 11.0. The lowest BCUT2D eigenvalue weighted by Crippen LogP contribution is -2.23. The Kier molecular flexibility index (Phi) is 4.18. The van der Waals surface area contributed by atoms with Crippen molar-refractivity contribution in [2.24, 2.45) is 0 Å². The fraction of sp³-hybridized carbons (Fsp3) is 0.105. The minimum atomic E-state index is -0.198. The van der Waals surface area contributed by atoms with Crippen LogP contribution in [0.3, 0.4) is 0 Å². The number of aromatic nitrogens is 4. The van der Waals surface area contributed by atoms with Gasteiger partial charge in [-0.1, -0.05) is 29.8 Å². The molecule has 0 atom stereocenters. The molecular formula is C19H16ClN5O. The number of para-hydroxylation sites is 2. The van der Waals surface area contributed by atoms with Gasteiger partial charge in [0.1, 0.15) is 5.82 Å². The molecule has 26 heavy (non-hydrogen) atoms. The topological polar surface area (TPSA) is 75.6 Å². The number of aromatic amines is 1. The molecular weight excluding hydrogens is 350 g/mol. The number of carbonyl (C=O) groups excluding carboxylic acids is 1. The molecule has 0 saturated heterocycles. The van der Waals surface area contributed by atoms with Gasteiger partial charge in [0.15, 0.2) is 0 Å². The van der Waals surface area contributed by atoms with Crippen molar-refractivity contribution in [1.82, 2.24) is 25.1 Å². The predicted molar refractivity (Wildman–Crippen MR) is 101 cm³/mol. The van der Waals surface area contributed by atoms with Gasteiger partial charge in [0.05, 0.1) is 40.7 Å². The number of benzene rings is 2. The number of nitrogens with zero attached hydrogens (tertiary/aromatic N) is 3. The summed E-state index contributed by atoms with van der Waals surface area (Å²) >= 11 is 6.04. The van der Waals surface area contributed by atoms with Crippen molar-refractivity contribution in [3.63, 3.8) is 0 Å². The molecule has 0 radical (unpaired) electrons. The van der Waals surface area contributed by atoms with E-state index in [1.54, 1.807) is 23.0 Å². The van der Waals surface area contributed by atoms with E-state index in [2.05, 4.69) is 20.4 Å². The third kappa shape index (κ3) is 3.07. The maximum atomic E-state index is 12.5. The first kappa shape index (κ1) is 16.4. The lowest BCUT2D eigenvalue weighted by molar-refractivity contribution is 0.0949. The van der Waals surface area contributed by atoms with E-state index in [0.717, 1.165) is 22.4 Å². The Morgan fingerprint density at radius 3 is 2.88 bits per heavy atom. The second kappa shape index (κ2) is 6.65. The van der Waals surface area contributed by atoms with Crippen LogP contribution in [-0.2, 0) is 6.54 Å². The molecule has 2 heterocycles. The van der Waals surface area contributed by atoms with Crippen LogP contribution in [-0.4, -0.2) is 25.7 Å². The van der Waals surface area contributed by atoms with E-state index in [0.29, 0.717) is 23.0 Å².